The van der Waals surface area contributed by atoms with Crippen molar-refractivity contribution in [2.75, 3.05) is 10.6 Å². The summed E-state index contributed by atoms with van der Waals surface area (Å²) in [6.45, 7) is 0. The van der Waals surface area contributed by atoms with Gasteiger partial charge in [0.1, 0.15) is 5.75 Å². The van der Waals surface area contributed by atoms with Crippen molar-refractivity contribution in [3.05, 3.63) is 125 Å². The first-order valence-corrected chi connectivity index (χ1v) is 13.3. The van der Waals surface area contributed by atoms with Crippen LogP contribution in [0.4, 0.5) is 16.2 Å². The van der Waals surface area contributed by atoms with E-state index in [-0.39, 0.29) is 17.3 Å². The zero-order valence-electron chi connectivity index (χ0n) is 21.9. The fourth-order valence-electron chi connectivity index (χ4n) is 4.87. The first-order valence-electron chi connectivity index (χ1n) is 13.3. The summed E-state index contributed by atoms with van der Waals surface area (Å²) in [6.07, 6.45) is 2.38. The van der Waals surface area contributed by atoms with Crippen molar-refractivity contribution in [2.24, 2.45) is 0 Å². The molecule has 5 aromatic rings. The standard InChI is InChI=1S/C33H31N3O4/c37-29(26-18-20-30(38)32-27(26)19-21-31(39)36-32)13-7-4-8-22-14-16-24(17-15-22)34-33(40)35-28-12-6-5-11-25(28)23-9-2-1-3-10-23/h1-3,5-6,9-12,14-21,29,37-38H,4,7-8,13H2,(H,36,39)(H2,34,35,40)/t29-/m0/s1. The van der Waals surface area contributed by atoms with Crippen molar-refractivity contribution in [1.29, 1.82) is 0 Å². The number of aliphatic hydroxyl groups excluding tert-OH is 1. The second-order valence-electron chi connectivity index (χ2n) is 9.73. The van der Waals surface area contributed by atoms with Crippen LogP contribution in [0.5, 0.6) is 5.75 Å². The number of anilines is 2. The lowest BCUT2D eigenvalue weighted by molar-refractivity contribution is 0.165. The number of phenols is 1. The second kappa shape index (κ2) is 12.3. The number of benzene rings is 4. The molecule has 0 bridgehead atoms. The number of urea groups is 1. The molecule has 1 atom stereocenters. The number of aryl methyl sites for hydroxylation is 1. The van der Waals surface area contributed by atoms with Gasteiger partial charge in [-0.1, -0.05) is 73.2 Å². The number of carbonyl (C=O) groups excluding carboxylic acids is 1. The summed E-state index contributed by atoms with van der Waals surface area (Å²) in [5.41, 5.74) is 5.28. The highest BCUT2D eigenvalue weighted by Gasteiger charge is 2.14. The summed E-state index contributed by atoms with van der Waals surface area (Å²) in [7, 11) is 0. The van der Waals surface area contributed by atoms with Crippen molar-refractivity contribution in [3.8, 4) is 16.9 Å². The maximum Gasteiger partial charge on any atom is 0.323 e. The number of unbranched alkanes of at least 4 members (excludes halogenated alkanes) is 1. The van der Waals surface area contributed by atoms with E-state index in [1.54, 1.807) is 12.1 Å². The van der Waals surface area contributed by atoms with E-state index in [2.05, 4.69) is 15.6 Å². The molecule has 0 saturated heterocycles. The molecular weight excluding hydrogens is 502 g/mol. The molecule has 40 heavy (non-hydrogen) atoms. The largest absolute Gasteiger partial charge is 0.506 e. The van der Waals surface area contributed by atoms with Crippen LogP contribution in [-0.2, 0) is 6.42 Å². The van der Waals surface area contributed by atoms with E-state index in [0.29, 0.717) is 28.6 Å². The lowest BCUT2D eigenvalue weighted by atomic mass is 9.97. The quantitative estimate of drug-likeness (QED) is 0.131. The SMILES string of the molecule is O=C(Nc1ccc(CCCC[C@H](O)c2ccc(O)c3[nH]c(=O)ccc23)cc1)Nc1ccccc1-c1ccccc1. The summed E-state index contributed by atoms with van der Waals surface area (Å²) < 4.78 is 0. The van der Waals surface area contributed by atoms with Crippen LogP contribution in [0.1, 0.15) is 36.5 Å². The normalized spacial score (nSPS) is 11.7. The number of amides is 2. The number of hydrogen-bond acceptors (Lipinski definition) is 4. The number of H-pyrrole nitrogens is 1. The number of nitrogens with one attached hydrogen (secondary N) is 3. The van der Waals surface area contributed by atoms with Crippen molar-refractivity contribution in [1.82, 2.24) is 4.98 Å². The number of para-hydroxylation sites is 1. The molecule has 2 amide bonds. The van der Waals surface area contributed by atoms with Gasteiger partial charge < -0.3 is 25.8 Å². The number of aromatic amines is 1. The monoisotopic (exact) mass is 533 g/mol. The number of aromatic hydroxyl groups is 1. The van der Waals surface area contributed by atoms with Gasteiger partial charge in [0.05, 0.1) is 17.3 Å². The number of aromatic nitrogens is 1. The third-order valence-corrected chi connectivity index (χ3v) is 6.93. The van der Waals surface area contributed by atoms with E-state index in [1.165, 1.54) is 12.1 Å². The van der Waals surface area contributed by atoms with Crippen LogP contribution in [0.25, 0.3) is 22.0 Å². The smallest absolute Gasteiger partial charge is 0.323 e. The lowest BCUT2D eigenvalue weighted by Crippen LogP contribution is -2.19. The molecule has 0 aliphatic rings. The Morgan fingerprint density at radius 2 is 1.55 bits per heavy atom. The molecule has 5 rings (SSSR count). The molecule has 202 valence electrons. The average molecular weight is 534 g/mol. The maximum atomic E-state index is 12.7. The molecule has 0 spiro atoms. The molecule has 0 aliphatic heterocycles. The summed E-state index contributed by atoms with van der Waals surface area (Å²) in [5.74, 6) is -0.0175. The lowest BCUT2D eigenvalue weighted by Gasteiger charge is -2.14. The highest BCUT2D eigenvalue weighted by atomic mass is 16.3. The number of phenolic OH excluding ortho intramolecular Hbond substituents is 1. The van der Waals surface area contributed by atoms with Crippen LogP contribution in [-0.4, -0.2) is 21.2 Å². The van der Waals surface area contributed by atoms with Gasteiger partial charge in [-0.3, -0.25) is 4.79 Å². The van der Waals surface area contributed by atoms with Gasteiger partial charge in [-0.15, -0.1) is 0 Å². The van der Waals surface area contributed by atoms with E-state index in [4.69, 9.17) is 0 Å². The summed E-state index contributed by atoms with van der Waals surface area (Å²) in [5, 5.41) is 27.3. The molecular formula is C33H31N3O4. The minimum atomic E-state index is -0.703. The Hall–Kier alpha value is -4.88. The number of pyridine rings is 1. The molecule has 1 heterocycles. The van der Waals surface area contributed by atoms with Crippen molar-refractivity contribution < 1.29 is 15.0 Å². The van der Waals surface area contributed by atoms with E-state index >= 15 is 0 Å². The summed E-state index contributed by atoms with van der Waals surface area (Å²) in [4.78, 5) is 26.9. The molecule has 4 aromatic carbocycles. The Kier molecular flexibility index (Phi) is 8.23. The summed E-state index contributed by atoms with van der Waals surface area (Å²) >= 11 is 0. The second-order valence-corrected chi connectivity index (χ2v) is 9.73. The Morgan fingerprint density at radius 1 is 0.800 bits per heavy atom. The molecule has 7 nitrogen and oxygen atoms in total. The number of carbonyl (C=O) groups is 1. The van der Waals surface area contributed by atoms with Gasteiger partial charge in [-0.25, -0.2) is 4.79 Å². The highest BCUT2D eigenvalue weighted by molar-refractivity contribution is 6.02. The van der Waals surface area contributed by atoms with Crippen LogP contribution >= 0.6 is 0 Å². The van der Waals surface area contributed by atoms with Crippen molar-refractivity contribution >= 4 is 28.3 Å². The predicted molar refractivity (Wildman–Crippen MR) is 160 cm³/mol. The number of hydrogen-bond donors (Lipinski definition) is 5. The molecule has 7 heteroatoms. The Morgan fingerprint density at radius 3 is 2.35 bits per heavy atom. The van der Waals surface area contributed by atoms with Gasteiger partial charge in [-0.2, -0.15) is 0 Å². The zero-order chi connectivity index (χ0) is 27.9. The third-order valence-electron chi connectivity index (χ3n) is 6.93. The van der Waals surface area contributed by atoms with E-state index in [0.717, 1.165) is 41.6 Å². The van der Waals surface area contributed by atoms with Crippen molar-refractivity contribution in [3.63, 3.8) is 0 Å². The van der Waals surface area contributed by atoms with Gasteiger partial charge >= 0.3 is 6.03 Å². The van der Waals surface area contributed by atoms with Crippen LogP contribution in [0.2, 0.25) is 0 Å². The molecule has 0 fully saturated rings. The first kappa shape index (κ1) is 26.7. The zero-order valence-corrected chi connectivity index (χ0v) is 21.9. The van der Waals surface area contributed by atoms with E-state index in [1.807, 2.05) is 78.9 Å². The minimum absolute atomic E-state index is 0.0175. The maximum absolute atomic E-state index is 12.7. The van der Waals surface area contributed by atoms with Gasteiger partial charge in [0.15, 0.2) is 0 Å². The number of fused-ring (bicyclic) bond motifs is 1. The molecule has 1 aromatic heterocycles. The molecule has 0 saturated carbocycles. The van der Waals surface area contributed by atoms with Crippen molar-refractivity contribution in [2.45, 2.75) is 31.8 Å². The Balaban J connectivity index is 1.12. The molecule has 0 aliphatic carbocycles. The van der Waals surface area contributed by atoms with Gasteiger partial charge in [0, 0.05) is 22.7 Å². The number of aliphatic hydroxyl groups is 1. The fraction of sp³-hybridized carbons (Fsp3) is 0.152. The van der Waals surface area contributed by atoms with Crippen LogP contribution in [0.15, 0.2) is 108 Å². The van der Waals surface area contributed by atoms with E-state index in [9.17, 15) is 19.8 Å². The van der Waals surface area contributed by atoms with Gasteiger partial charge in [-0.05, 0) is 66.3 Å². The van der Waals surface area contributed by atoms with E-state index < -0.39 is 6.10 Å². The minimum Gasteiger partial charge on any atom is -0.506 e. The van der Waals surface area contributed by atoms with Crippen LogP contribution < -0.4 is 16.2 Å². The number of rotatable bonds is 9. The predicted octanol–water partition coefficient (Wildman–Crippen LogP) is 6.99. The Bertz CT molecular complexity index is 1660. The van der Waals surface area contributed by atoms with Crippen LogP contribution in [0, 0.1) is 0 Å². The molecule has 5 N–H and O–H groups in total. The van der Waals surface area contributed by atoms with Gasteiger partial charge in [0.25, 0.3) is 0 Å². The van der Waals surface area contributed by atoms with Gasteiger partial charge in [0.2, 0.25) is 5.56 Å². The molecule has 0 unspecified atom stereocenters. The third kappa shape index (κ3) is 6.39. The average Bonchev–Trinajstić information content (AvgIpc) is 2.97. The topological polar surface area (TPSA) is 114 Å². The first-order chi connectivity index (χ1) is 19.5. The summed E-state index contributed by atoms with van der Waals surface area (Å²) in [6, 6.07) is 31.3. The fourth-order valence-corrected chi connectivity index (χ4v) is 4.87. The molecule has 0 radical (unpaired) electrons. The highest BCUT2D eigenvalue weighted by Crippen LogP contribution is 2.31. The van der Waals surface area contributed by atoms with Crippen LogP contribution in [0.3, 0.4) is 0 Å². The Labute approximate surface area is 232 Å².